The fourth-order valence-electron chi connectivity index (χ4n) is 1.28. The molecule has 8 heteroatoms. The Morgan fingerprint density at radius 2 is 2.11 bits per heavy atom. The zero-order chi connectivity index (χ0) is 14.6. The van der Waals surface area contributed by atoms with Crippen LogP contribution in [0.1, 0.15) is 30.1 Å². The lowest BCUT2D eigenvalue weighted by Crippen LogP contribution is -2.15. The summed E-state index contributed by atoms with van der Waals surface area (Å²) >= 11 is 2.78. The molecule has 0 radical (unpaired) electrons. The van der Waals surface area contributed by atoms with Gasteiger partial charge >= 0.3 is 5.97 Å². The molecule has 2 N–H and O–H groups in total. The van der Waals surface area contributed by atoms with Gasteiger partial charge in [0, 0.05) is 0 Å². The molecular weight excluding hydrogens is 341 g/mol. The largest absolute Gasteiger partial charge is 0.462 e. The normalized spacial score (nSPS) is 11.4. The minimum Gasteiger partial charge on any atom is -0.462 e. The number of unbranched alkanes of at least 4 members (excludes halogenated alkanes) is 1. The van der Waals surface area contributed by atoms with Gasteiger partial charge in [-0.3, -0.25) is 0 Å². The van der Waals surface area contributed by atoms with Crippen molar-refractivity contribution in [2.75, 3.05) is 6.61 Å². The van der Waals surface area contributed by atoms with Gasteiger partial charge in [-0.2, -0.15) is 0 Å². The number of benzene rings is 1. The predicted octanol–water partition coefficient (Wildman–Crippen LogP) is 2.19. The van der Waals surface area contributed by atoms with Gasteiger partial charge in [0.2, 0.25) is 10.0 Å². The van der Waals surface area contributed by atoms with E-state index in [1.807, 2.05) is 6.92 Å². The molecule has 0 aliphatic rings. The smallest absolute Gasteiger partial charge is 0.338 e. The molecule has 0 amide bonds. The zero-order valence-corrected chi connectivity index (χ0v) is 12.6. The van der Waals surface area contributed by atoms with Crippen LogP contribution in [0, 0.1) is 5.82 Å². The van der Waals surface area contributed by atoms with Crippen molar-refractivity contribution in [3.05, 3.63) is 28.0 Å². The van der Waals surface area contributed by atoms with E-state index in [-0.39, 0.29) is 16.6 Å². The molecule has 1 aromatic rings. The Labute approximate surface area is 119 Å². The van der Waals surface area contributed by atoms with Crippen molar-refractivity contribution >= 4 is 31.9 Å². The van der Waals surface area contributed by atoms with Crippen LogP contribution in [0.25, 0.3) is 0 Å². The van der Waals surface area contributed by atoms with Crippen LogP contribution < -0.4 is 5.14 Å². The lowest BCUT2D eigenvalue weighted by atomic mass is 10.2. The summed E-state index contributed by atoms with van der Waals surface area (Å²) in [5.74, 6) is -1.68. The van der Waals surface area contributed by atoms with Crippen LogP contribution in [-0.2, 0) is 14.8 Å². The number of nitrogens with two attached hydrogens (primary N) is 1. The van der Waals surface area contributed by atoms with Gasteiger partial charge in [0.1, 0.15) is 5.82 Å². The first kappa shape index (κ1) is 16.1. The summed E-state index contributed by atoms with van der Waals surface area (Å²) in [6.07, 6.45) is 1.51. The highest BCUT2D eigenvalue weighted by Gasteiger charge is 2.20. The third-order valence-corrected chi connectivity index (χ3v) is 4.27. The predicted molar refractivity (Wildman–Crippen MR) is 70.7 cm³/mol. The molecule has 1 rings (SSSR count). The summed E-state index contributed by atoms with van der Waals surface area (Å²) in [5.41, 5.74) is -0.194. The number of carbonyl (C=O) groups is 1. The minimum atomic E-state index is -4.13. The van der Waals surface area contributed by atoms with Crippen molar-refractivity contribution in [2.24, 2.45) is 5.14 Å². The average Bonchev–Trinajstić information content (AvgIpc) is 2.31. The van der Waals surface area contributed by atoms with E-state index in [4.69, 9.17) is 9.88 Å². The van der Waals surface area contributed by atoms with Gasteiger partial charge in [-0.1, -0.05) is 13.3 Å². The van der Waals surface area contributed by atoms with Gasteiger partial charge in [-0.05, 0) is 34.5 Å². The highest BCUT2D eigenvalue weighted by Crippen LogP contribution is 2.26. The molecule has 0 fully saturated rings. The van der Waals surface area contributed by atoms with E-state index >= 15 is 0 Å². The number of sulfonamides is 1. The topological polar surface area (TPSA) is 86.5 Å². The lowest BCUT2D eigenvalue weighted by molar-refractivity contribution is 0.0499. The number of carbonyl (C=O) groups excluding carboxylic acids is 1. The van der Waals surface area contributed by atoms with Crippen molar-refractivity contribution in [3.8, 4) is 0 Å². The number of halogens is 2. The first-order valence-electron chi connectivity index (χ1n) is 5.46. The van der Waals surface area contributed by atoms with Crippen molar-refractivity contribution < 1.29 is 22.3 Å². The van der Waals surface area contributed by atoms with Crippen LogP contribution in [0.2, 0.25) is 0 Å². The summed E-state index contributed by atoms with van der Waals surface area (Å²) in [5, 5.41) is 4.94. The molecule has 5 nitrogen and oxygen atoms in total. The number of esters is 1. The van der Waals surface area contributed by atoms with Crippen molar-refractivity contribution in [3.63, 3.8) is 0 Å². The molecule has 0 heterocycles. The van der Waals surface area contributed by atoms with Gasteiger partial charge in [0.25, 0.3) is 0 Å². The molecule has 0 unspecified atom stereocenters. The van der Waals surface area contributed by atoms with Crippen LogP contribution in [-0.4, -0.2) is 21.0 Å². The quantitative estimate of drug-likeness (QED) is 0.649. The Kier molecular flexibility index (Phi) is 5.45. The Hall–Kier alpha value is -0.990. The van der Waals surface area contributed by atoms with Crippen LogP contribution >= 0.6 is 15.9 Å². The van der Waals surface area contributed by atoms with E-state index in [0.717, 1.165) is 18.6 Å². The van der Waals surface area contributed by atoms with Gasteiger partial charge in [-0.25, -0.2) is 22.7 Å². The minimum absolute atomic E-state index is 0.192. The monoisotopic (exact) mass is 353 g/mol. The number of primary sulfonamides is 1. The number of rotatable bonds is 5. The SMILES string of the molecule is CCCCOC(=O)c1cc(F)c(Br)c(S(N)(=O)=O)c1. The van der Waals surface area contributed by atoms with Crippen molar-refractivity contribution in [1.29, 1.82) is 0 Å². The molecule has 19 heavy (non-hydrogen) atoms. The number of ether oxygens (including phenoxy) is 1. The summed E-state index contributed by atoms with van der Waals surface area (Å²) in [6.45, 7) is 2.12. The van der Waals surface area contributed by atoms with Crippen LogP contribution in [0.3, 0.4) is 0 Å². The first-order chi connectivity index (χ1) is 8.77. The summed E-state index contributed by atoms with van der Waals surface area (Å²) < 4.78 is 40.7. The van der Waals surface area contributed by atoms with E-state index < -0.39 is 26.7 Å². The Morgan fingerprint density at radius 1 is 1.47 bits per heavy atom. The number of hydrogen-bond donors (Lipinski definition) is 1. The maximum absolute atomic E-state index is 13.5. The second kappa shape index (κ2) is 6.44. The van der Waals surface area contributed by atoms with Gasteiger partial charge in [-0.15, -0.1) is 0 Å². The molecule has 0 aliphatic carbocycles. The molecule has 0 saturated carbocycles. The highest BCUT2D eigenvalue weighted by atomic mass is 79.9. The lowest BCUT2D eigenvalue weighted by Gasteiger charge is -2.08. The summed E-state index contributed by atoms with van der Waals surface area (Å²) in [6, 6.07) is 1.88. The van der Waals surface area contributed by atoms with E-state index in [1.165, 1.54) is 0 Å². The van der Waals surface area contributed by atoms with Crippen molar-refractivity contribution in [1.82, 2.24) is 0 Å². The second-order valence-corrected chi connectivity index (χ2v) is 6.13. The third kappa shape index (κ3) is 4.26. The molecule has 106 valence electrons. The maximum atomic E-state index is 13.5. The molecular formula is C11H13BrFNO4S. The van der Waals surface area contributed by atoms with E-state index in [1.54, 1.807) is 0 Å². The molecule has 0 atom stereocenters. The third-order valence-electron chi connectivity index (χ3n) is 2.27. The highest BCUT2D eigenvalue weighted by molar-refractivity contribution is 9.10. The van der Waals surface area contributed by atoms with Crippen LogP contribution in [0.4, 0.5) is 4.39 Å². The second-order valence-electron chi connectivity index (χ2n) is 3.80. The zero-order valence-electron chi connectivity index (χ0n) is 10.2. The molecule has 1 aromatic carbocycles. The molecule has 0 aromatic heterocycles. The Balaban J connectivity index is 3.11. The number of hydrogen-bond acceptors (Lipinski definition) is 4. The van der Waals surface area contributed by atoms with Gasteiger partial charge < -0.3 is 4.74 Å². The molecule has 0 spiro atoms. The van der Waals surface area contributed by atoms with Crippen molar-refractivity contribution in [2.45, 2.75) is 24.7 Å². The summed E-state index contributed by atoms with van der Waals surface area (Å²) in [4.78, 5) is 11.1. The van der Waals surface area contributed by atoms with Gasteiger partial charge in [0.15, 0.2) is 0 Å². The van der Waals surface area contributed by atoms with Crippen LogP contribution in [0.5, 0.6) is 0 Å². The fraction of sp³-hybridized carbons (Fsp3) is 0.364. The first-order valence-corrected chi connectivity index (χ1v) is 7.80. The fourth-order valence-corrected chi connectivity index (χ4v) is 2.83. The Morgan fingerprint density at radius 3 is 2.63 bits per heavy atom. The van der Waals surface area contributed by atoms with Gasteiger partial charge in [0.05, 0.1) is 21.5 Å². The van der Waals surface area contributed by atoms with E-state index in [2.05, 4.69) is 15.9 Å². The molecule has 0 aliphatic heterocycles. The van der Waals surface area contributed by atoms with E-state index in [9.17, 15) is 17.6 Å². The van der Waals surface area contributed by atoms with Crippen LogP contribution in [0.15, 0.2) is 21.5 Å². The molecule has 0 bridgehead atoms. The average molecular weight is 354 g/mol. The standard InChI is InChI=1S/C11H13BrFNO4S/c1-2-3-4-18-11(15)7-5-8(13)10(12)9(6-7)19(14,16)17/h5-6H,2-4H2,1H3,(H2,14,16,17). The summed E-state index contributed by atoms with van der Waals surface area (Å²) in [7, 11) is -4.13. The molecule has 0 saturated heterocycles. The van der Waals surface area contributed by atoms with E-state index in [0.29, 0.717) is 6.42 Å². The Bertz CT molecular complexity index is 589. The maximum Gasteiger partial charge on any atom is 0.338 e.